The Hall–Kier alpha value is -3.32. The minimum Gasteiger partial charge on any atom is -0.353 e. The van der Waals surface area contributed by atoms with E-state index in [2.05, 4.69) is 54.3 Å². The highest BCUT2D eigenvalue weighted by Gasteiger charge is 2.20. The number of piperazine rings is 1. The molecule has 0 radical (unpaired) electrons. The summed E-state index contributed by atoms with van der Waals surface area (Å²) in [6, 6.07) is 16.1. The predicted octanol–water partition coefficient (Wildman–Crippen LogP) is 3.70. The van der Waals surface area contributed by atoms with E-state index in [9.17, 15) is 0 Å². The van der Waals surface area contributed by atoms with E-state index in [4.69, 9.17) is 12.2 Å². The van der Waals surface area contributed by atoms with Crippen LogP contribution in [0.1, 0.15) is 0 Å². The van der Waals surface area contributed by atoms with Gasteiger partial charge in [-0.2, -0.15) is 0 Å². The van der Waals surface area contributed by atoms with Crippen molar-refractivity contribution in [2.75, 3.05) is 36.4 Å². The Bertz CT molecular complexity index is 1170. The molecule has 144 valence electrons. The number of benzene rings is 1. The molecule has 0 saturated carbocycles. The summed E-state index contributed by atoms with van der Waals surface area (Å²) in [4.78, 5) is 18.0. The lowest BCUT2D eigenvalue weighted by Gasteiger charge is -2.36. The van der Waals surface area contributed by atoms with Crippen molar-refractivity contribution in [1.82, 2.24) is 19.9 Å². The summed E-state index contributed by atoms with van der Waals surface area (Å²) >= 11 is 5.74. The van der Waals surface area contributed by atoms with Crippen LogP contribution in [0.5, 0.6) is 0 Å². The van der Waals surface area contributed by atoms with Crippen LogP contribution in [0.2, 0.25) is 0 Å². The molecule has 4 aromatic rings. The van der Waals surface area contributed by atoms with Crippen molar-refractivity contribution in [1.29, 1.82) is 0 Å². The normalized spacial score (nSPS) is 14.3. The van der Waals surface area contributed by atoms with Gasteiger partial charge in [-0.05, 0) is 48.6 Å². The van der Waals surface area contributed by atoms with Crippen molar-refractivity contribution in [3.05, 3.63) is 67.1 Å². The third-order valence-corrected chi connectivity index (χ3v) is 5.60. The van der Waals surface area contributed by atoms with E-state index in [1.807, 2.05) is 30.5 Å². The SMILES string of the molecule is S=C(Nc1cc2cccnc2c2ncccc12)N1CCN(c2ccccn2)CC1. The third kappa shape index (κ3) is 3.45. The number of pyridine rings is 3. The third-order valence-electron chi connectivity index (χ3n) is 5.24. The van der Waals surface area contributed by atoms with Gasteiger partial charge >= 0.3 is 0 Å². The first-order valence-electron chi connectivity index (χ1n) is 9.64. The summed E-state index contributed by atoms with van der Waals surface area (Å²) in [5, 5.41) is 6.26. The van der Waals surface area contributed by atoms with Gasteiger partial charge in [0.1, 0.15) is 5.82 Å². The van der Waals surface area contributed by atoms with E-state index in [0.717, 1.165) is 64.6 Å². The van der Waals surface area contributed by atoms with Crippen molar-refractivity contribution >= 4 is 50.6 Å². The number of rotatable bonds is 2. The minimum atomic E-state index is 0.735. The molecule has 3 aromatic heterocycles. The molecular formula is C22H20N6S. The molecule has 1 aliphatic rings. The van der Waals surface area contributed by atoms with E-state index in [1.165, 1.54) is 0 Å². The van der Waals surface area contributed by atoms with Gasteiger partial charge < -0.3 is 15.1 Å². The van der Waals surface area contributed by atoms with Gasteiger partial charge in [-0.1, -0.05) is 12.1 Å². The van der Waals surface area contributed by atoms with Gasteiger partial charge in [-0.25, -0.2) is 4.98 Å². The zero-order valence-electron chi connectivity index (χ0n) is 15.8. The topological polar surface area (TPSA) is 57.2 Å². The van der Waals surface area contributed by atoms with E-state index >= 15 is 0 Å². The predicted molar refractivity (Wildman–Crippen MR) is 121 cm³/mol. The molecule has 1 N–H and O–H groups in total. The summed E-state index contributed by atoms with van der Waals surface area (Å²) in [5.41, 5.74) is 2.75. The second-order valence-electron chi connectivity index (χ2n) is 6.99. The second-order valence-corrected chi connectivity index (χ2v) is 7.38. The maximum absolute atomic E-state index is 5.74. The molecule has 0 bridgehead atoms. The maximum Gasteiger partial charge on any atom is 0.173 e. The van der Waals surface area contributed by atoms with E-state index in [-0.39, 0.29) is 0 Å². The van der Waals surface area contributed by atoms with Crippen LogP contribution >= 0.6 is 12.2 Å². The lowest BCUT2D eigenvalue weighted by Crippen LogP contribution is -2.50. The Morgan fingerprint density at radius 3 is 2.38 bits per heavy atom. The first-order valence-corrected chi connectivity index (χ1v) is 10.0. The van der Waals surface area contributed by atoms with Gasteiger partial charge in [0.15, 0.2) is 5.11 Å². The molecule has 0 amide bonds. The molecule has 6 nitrogen and oxygen atoms in total. The molecule has 1 aromatic carbocycles. The van der Waals surface area contributed by atoms with Gasteiger partial charge in [-0.15, -0.1) is 0 Å². The molecule has 5 rings (SSSR count). The Labute approximate surface area is 174 Å². The molecule has 0 atom stereocenters. The molecule has 1 saturated heterocycles. The Balaban J connectivity index is 1.36. The van der Waals surface area contributed by atoms with Gasteiger partial charge in [0.25, 0.3) is 0 Å². The van der Waals surface area contributed by atoms with Crippen LogP contribution in [0.4, 0.5) is 11.5 Å². The number of hydrogen-bond acceptors (Lipinski definition) is 5. The van der Waals surface area contributed by atoms with Gasteiger partial charge in [0.05, 0.1) is 16.7 Å². The molecule has 0 unspecified atom stereocenters. The molecule has 29 heavy (non-hydrogen) atoms. The molecule has 4 heterocycles. The Morgan fingerprint density at radius 1 is 0.828 bits per heavy atom. The summed E-state index contributed by atoms with van der Waals surface area (Å²) in [7, 11) is 0. The minimum absolute atomic E-state index is 0.735. The van der Waals surface area contributed by atoms with Crippen molar-refractivity contribution in [3.8, 4) is 0 Å². The Morgan fingerprint density at radius 2 is 1.59 bits per heavy atom. The number of nitrogens with zero attached hydrogens (tertiary/aromatic N) is 5. The number of anilines is 2. The van der Waals surface area contributed by atoms with E-state index in [1.54, 1.807) is 12.4 Å². The molecular weight excluding hydrogens is 380 g/mol. The van der Waals surface area contributed by atoms with Crippen molar-refractivity contribution in [2.24, 2.45) is 0 Å². The zero-order chi connectivity index (χ0) is 19.6. The molecule has 1 aliphatic heterocycles. The van der Waals surface area contributed by atoms with Crippen LogP contribution in [-0.2, 0) is 0 Å². The Kier molecular flexibility index (Phi) is 4.65. The van der Waals surface area contributed by atoms with Crippen LogP contribution in [-0.4, -0.2) is 51.1 Å². The quantitative estimate of drug-likeness (QED) is 0.407. The molecule has 1 fully saturated rings. The average Bonchev–Trinajstić information content (AvgIpc) is 2.80. The fourth-order valence-electron chi connectivity index (χ4n) is 3.75. The summed E-state index contributed by atoms with van der Waals surface area (Å²) in [6.45, 7) is 3.49. The monoisotopic (exact) mass is 400 g/mol. The number of aromatic nitrogens is 3. The van der Waals surface area contributed by atoms with E-state index < -0.39 is 0 Å². The number of hydrogen-bond donors (Lipinski definition) is 1. The largest absolute Gasteiger partial charge is 0.353 e. The van der Waals surface area contributed by atoms with Crippen LogP contribution in [0.3, 0.4) is 0 Å². The van der Waals surface area contributed by atoms with Gasteiger partial charge in [0, 0.05) is 55.5 Å². The van der Waals surface area contributed by atoms with Crippen LogP contribution < -0.4 is 10.2 Å². The summed E-state index contributed by atoms with van der Waals surface area (Å²) < 4.78 is 0. The van der Waals surface area contributed by atoms with Crippen molar-refractivity contribution in [2.45, 2.75) is 0 Å². The van der Waals surface area contributed by atoms with E-state index in [0.29, 0.717) is 0 Å². The highest BCUT2D eigenvalue weighted by molar-refractivity contribution is 7.80. The lowest BCUT2D eigenvalue weighted by atomic mass is 10.1. The number of fused-ring (bicyclic) bond motifs is 3. The van der Waals surface area contributed by atoms with Crippen molar-refractivity contribution in [3.63, 3.8) is 0 Å². The molecule has 0 aliphatic carbocycles. The maximum atomic E-state index is 5.74. The van der Waals surface area contributed by atoms with Crippen LogP contribution in [0.25, 0.3) is 21.8 Å². The zero-order valence-corrected chi connectivity index (χ0v) is 16.6. The standard InChI is InChI=1S/C22H20N6S/c29-22(28-13-11-27(12-14-28)19-7-1-2-8-23-19)26-18-15-16-5-3-9-24-20(16)21-17(18)6-4-10-25-21/h1-10,15H,11-14H2,(H,26,29). The van der Waals surface area contributed by atoms with Crippen LogP contribution in [0.15, 0.2) is 67.1 Å². The van der Waals surface area contributed by atoms with Gasteiger partial charge in [-0.3, -0.25) is 9.97 Å². The molecule has 0 spiro atoms. The average molecular weight is 401 g/mol. The first-order chi connectivity index (χ1) is 14.3. The number of nitrogens with one attached hydrogen (secondary N) is 1. The fourth-order valence-corrected chi connectivity index (χ4v) is 4.05. The first kappa shape index (κ1) is 17.8. The lowest BCUT2D eigenvalue weighted by molar-refractivity contribution is 0.389. The van der Waals surface area contributed by atoms with Crippen molar-refractivity contribution < 1.29 is 0 Å². The van der Waals surface area contributed by atoms with Gasteiger partial charge in [0.2, 0.25) is 0 Å². The molecule has 7 heteroatoms. The van der Waals surface area contributed by atoms with Crippen LogP contribution in [0, 0.1) is 0 Å². The summed E-state index contributed by atoms with van der Waals surface area (Å²) in [5.74, 6) is 1.02. The smallest absolute Gasteiger partial charge is 0.173 e. The summed E-state index contributed by atoms with van der Waals surface area (Å²) in [6.07, 6.45) is 5.44. The number of thiocarbonyl (C=S) groups is 1. The fraction of sp³-hybridized carbons (Fsp3) is 0.182. The highest BCUT2D eigenvalue weighted by Crippen LogP contribution is 2.29. The second kappa shape index (κ2) is 7.60. The highest BCUT2D eigenvalue weighted by atomic mass is 32.1.